The fourth-order valence-corrected chi connectivity index (χ4v) is 15.4. The smallest absolute Gasteiger partial charge is 0.407 e. The molecule has 6 nitrogen and oxygen atoms in total. The average molecular weight is 1010 g/mol. The molecule has 0 spiro atoms. The van der Waals surface area contributed by atoms with E-state index in [2.05, 4.69) is 182 Å². The Morgan fingerprint density at radius 1 is 0.282 bits per heavy atom. The first-order valence-corrected chi connectivity index (χ1v) is 27.6. The lowest BCUT2D eigenvalue weighted by Gasteiger charge is -2.26. The molecule has 2 aliphatic heterocycles. The van der Waals surface area contributed by atoms with E-state index in [0.29, 0.717) is 34.5 Å². The third kappa shape index (κ3) is 7.81. The first-order chi connectivity index (χ1) is 35.1. The van der Waals surface area contributed by atoms with E-state index >= 15 is 0 Å². The molecule has 0 aliphatic carbocycles. The van der Waals surface area contributed by atoms with Gasteiger partial charge >= 0.3 is 17.2 Å². The average Bonchev–Trinajstić information content (AvgIpc) is 3.40. The normalized spacial score (nSPS) is 13.6. The Morgan fingerprint density at radius 3 is 0.845 bits per heavy atom. The van der Waals surface area contributed by atoms with E-state index in [0.717, 1.165) is 94.0 Å². The monoisotopic (exact) mass is 1010 g/mol. The zero-order chi connectivity index (χ0) is 46.8. The summed E-state index contributed by atoms with van der Waals surface area (Å²) in [7, 11) is -4.11. The van der Waals surface area contributed by atoms with E-state index in [9.17, 15) is 0 Å². The minimum atomic E-state index is -2.06. The van der Waals surface area contributed by atoms with Gasteiger partial charge in [-0.15, -0.1) is 0 Å². The third-order valence-corrected chi connectivity index (χ3v) is 18.5. The van der Waals surface area contributed by atoms with Crippen molar-refractivity contribution in [2.45, 2.75) is 29.4 Å². The van der Waals surface area contributed by atoms with Gasteiger partial charge in [-0.1, -0.05) is 217 Å². The summed E-state index contributed by atoms with van der Waals surface area (Å²) in [4.78, 5) is 5.80. The molecule has 340 valence electrons. The van der Waals surface area contributed by atoms with Crippen molar-refractivity contribution in [3.63, 3.8) is 0 Å². The van der Waals surface area contributed by atoms with Crippen LogP contribution in [-0.2, 0) is 0 Å². The van der Waals surface area contributed by atoms with Crippen molar-refractivity contribution in [3.8, 4) is 34.5 Å². The predicted octanol–water partition coefficient (Wildman–Crippen LogP) is 19.2. The molecule has 2 aliphatic rings. The zero-order valence-corrected chi connectivity index (χ0v) is 41.6. The second-order valence-corrected chi connectivity index (χ2v) is 22.0. The standard InChI is InChI=1S/C60H36O6P2S3/c1-7-19-43-37(13-1)25-31-49-55(43)69-56-44-20-8-2-14-38(44)26-32-50(56)62-67(61-49)65-53-35-29-41-17-5-11-23-47(41)59(53)71-60-48-24-12-6-18-42(48)30-36-54(60)66-68-63-51-33-27-39-15-3-9-21-45(39)57(51)70-58-46-22-10-4-16-40(46)28-34-52(58)64-68/h1-36H. The number of fused-ring (bicyclic) bond motifs is 14. The highest BCUT2D eigenvalue weighted by atomic mass is 32.2. The quantitative estimate of drug-likeness (QED) is 0.152. The highest BCUT2D eigenvalue weighted by molar-refractivity contribution is 8.00. The SMILES string of the molecule is c1ccc2c(Sc3c(OP4Oc5ccc6ccccc6c5Sc5c(ccc6ccccc56)O4)ccc4ccccc34)c(OP3Oc4ccc5ccccc5c4Sc4c(ccc5ccccc45)O3)ccc2c1. The van der Waals surface area contributed by atoms with Crippen LogP contribution in [-0.4, -0.2) is 0 Å². The summed E-state index contributed by atoms with van der Waals surface area (Å²) in [5, 5.41) is 13.0. The Balaban J connectivity index is 0.889. The fraction of sp³-hybridized carbons (Fsp3) is 0. The maximum Gasteiger partial charge on any atom is 0.530 e. The summed E-state index contributed by atoms with van der Waals surface area (Å²) in [6.45, 7) is 0. The second-order valence-electron chi connectivity index (χ2n) is 17.0. The third-order valence-electron chi connectivity index (χ3n) is 12.7. The molecule has 12 aromatic rings. The molecule has 14 rings (SSSR count). The Kier molecular flexibility index (Phi) is 10.8. The largest absolute Gasteiger partial charge is 0.530 e. The Labute approximate surface area is 423 Å². The molecule has 0 saturated heterocycles. The lowest BCUT2D eigenvalue weighted by Crippen LogP contribution is -2.07. The molecule has 0 unspecified atom stereocenters. The van der Waals surface area contributed by atoms with Crippen LogP contribution in [0.15, 0.2) is 248 Å². The predicted molar refractivity (Wildman–Crippen MR) is 294 cm³/mol. The Morgan fingerprint density at radius 2 is 0.535 bits per heavy atom. The molecular formula is C60H36O6P2S3. The van der Waals surface area contributed by atoms with Gasteiger partial charge in [0, 0.05) is 0 Å². The molecule has 12 aromatic carbocycles. The number of hydrogen-bond acceptors (Lipinski definition) is 9. The van der Waals surface area contributed by atoms with E-state index in [1.54, 1.807) is 35.3 Å². The fourth-order valence-electron chi connectivity index (χ4n) is 9.30. The van der Waals surface area contributed by atoms with Gasteiger partial charge in [-0.2, -0.15) is 0 Å². The van der Waals surface area contributed by atoms with E-state index in [1.165, 1.54) is 0 Å². The Bertz CT molecular complexity index is 3680. The van der Waals surface area contributed by atoms with Crippen molar-refractivity contribution < 1.29 is 27.1 Å². The Hall–Kier alpha value is -7.09. The molecular weight excluding hydrogens is 975 g/mol. The summed E-state index contributed by atoms with van der Waals surface area (Å²) < 4.78 is 41.8. The maximum absolute atomic E-state index is 7.12. The molecule has 0 fully saturated rings. The van der Waals surface area contributed by atoms with Crippen molar-refractivity contribution in [2.75, 3.05) is 0 Å². The van der Waals surface area contributed by atoms with Gasteiger partial charge in [0.25, 0.3) is 0 Å². The second kappa shape index (κ2) is 17.9. The summed E-state index contributed by atoms with van der Waals surface area (Å²) in [6, 6.07) is 75.2. The molecule has 71 heavy (non-hydrogen) atoms. The molecule has 0 radical (unpaired) electrons. The van der Waals surface area contributed by atoms with Crippen molar-refractivity contribution in [1.29, 1.82) is 0 Å². The van der Waals surface area contributed by atoms with Gasteiger partial charge in [0.2, 0.25) is 0 Å². The maximum atomic E-state index is 7.12. The van der Waals surface area contributed by atoms with Crippen LogP contribution >= 0.6 is 52.5 Å². The van der Waals surface area contributed by atoms with E-state index in [4.69, 9.17) is 27.1 Å². The first kappa shape index (κ1) is 42.8. The van der Waals surface area contributed by atoms with Crippen LogP contribution in [0, 0.1) is 0 Å². The highest BCUT2D eigenvalue weighted by Gasteiger charge is 2.32. The highest BCUT2D eigenvalue weighted by Crippen LogP contribution is 2.59. The van der Waals surface area contributed by atoms with Crippen LogP contribution in [0.2, 0.25) is 0 Å². The van der Waals surface area contributed by atoms with E-state index in [-0.39, 0.29) is 0 Å². The van der Waals surface area contributed by atoms with E-state index in [1.807, 2.05) is 36.4 Å². The van der Waals surface area contributed by atoms with Crippen LogP contribution in [0.4, 0.5) is 0 Å². The number of benzene rings is 12. The van der Waals surface area contributed by atoms with Gasteiger partial charge in [-0.05, 0) is 101 Å². The van der Waals surface area contributed by atoms with Gasteiger partial charge < -0.3 is 27.1 Å². The van der Waals surface area contributed by atoms with Gasteiger partial charge in [-0.25, -0.2) is 0 Å². The van der Waals surface area contributed by atoms with Crippen LogP contribution in [0.1, 0.15) is 0 Å². The van der Waals surface area contributed by atoms with Crippen LogP contribution in [0.25, 0.3) is 64.6 Å². The number of rotatable bonds is 6. The summed E-state index contributed by atoms with van der Waals surface area (Å²) in [5.41, 5.74) is 0. The summed E-state index contributed by atoms with van der Waals surface area (Å²) >= 11 is 4.93. The van der Waals surface area contributed by atoms with Gasteiger partial charge in [0.05, 0.1) is 29.4 Å². The molecule has 0 N–H and O–H groups in total. The van der Waals surface area contributed by atoms with Crippen molar-refractivity contribution in [1.82, 2.24) is 0 Å². The van der Waals surface area contributed by atoms with E-state index < -0.39 is 17.2 Å². The minimum absolute atomic E-state index is 0.611. The van der Waals surface area contributed by atoms with Gasteiger partial charge in [-0.3, -0.25) is 0 Å². The molecule has 0 atom stereocenters. The molecule has 0 aromatic heterocycles. The van der Waals surface area contributed by atoms with Gasteiger partial charge in [0.15, 0.2) is 0 Å². The first-order valence-electron chi connectivity index (χ1n) is 23.0. The van der Waals surface area contributed by atoms with Crippen LogP contribution < -0.4 is 27.1 Å². The van der Waals surface area contributed by atoms with Crippen LogP contribution in [0.3, 0.4) is 0 Å². The molecule has 2 heterocycles. The summed E-state index contributed by atoms with van der Waals surface area (Å²) in [5.74, 6) is 4.01. The topological polar surface area (TPSA) is 55.4 Å². The molecule has 0 bridgehead atoms. The minimum Gasteiger partial charge on any atom is -0.407 e. The van der Waals surface area contributed by atoms with Crippen LogP contribution in [0.5, 0.6) is 34.5 Å². The zero-order valence-electron chi connectivity index (χ0n) is 37.4. The van der Waals surface area contributed by atoms with Gasteiger partial charge in [0.1, 0.15) is 34.5 Å². The molecule has 11 heteroatoms. The lowest BCUT2D eigenvalue weighted by molar-refractivity contribution is 0.377. The van der Waals surface area contributed by atoms with Crippen molar-refractivity contribution in [3.05, 3.63) is 218 Å². The van der Waals surface area contributed by atoms with Crippen molar-refractivity contribution >= 4 is 117 Å². The van der Waals surface area contributed by atoms with Crippen molar-refractivity contribution in [2.24, 2.45) is 0 Å². The molecule has 0 amide bonds. The lowest BCUT2D eigenvalue weighted by atomic mass is 10.1. The number of hydrogen-bond donors (Lipinski definition) is 0. The summed E-state index contributed by atoms with van der Waals surface area (Å²) in [6.07, 6.45) is 0. The molecule has 0 saturated carbocycles.